The molecule has 0 saturated carbocycles. The Bertz CT molecular complexity index is 2780. The number of pyridine rings is 3. The highest BCUT2D eigenvalue weighted by Crippen LogP contribution is 2.34. The van der Waals surface area contributed by atoms with Crippen LogP contribution < -0.4 is 0 Å². The van der Waals surface area contributed by atoms with Crippen molar-refractivity contribution in [1.82, 2.24) is 24.9 Å². The molecule has 4 heterocycles. The summed E-state index contributed by atoms with van der Waals surface area (Å²) >= 11 is 0. The van der Waals surface area contributed by atoms with Crippen LogP contribution in [0.25, 0.3) is 89.0 Å². The normalized spacial score (nSPS) is 11.5. The van der Waals surface area contributed by atoms with Gasteiger partial charge in [-0.1, -0.05) is 123 Å². The van der Waals surface area contributed by atoms with Gasteiger partial charge in [-0.3, -0.25) is 9.97 Å². The van der Waals surface area contributed by atoms with E-state index in [0.29, 0.717) is 11.7 Å². The Hall–Kier alpha value is -6.59. The molecule has 0 radical (unpaired) electrons. The van der Waals surface area contributed by atoms with Crippen molar-refractivity contribution in [3.8, 4) is 56.3 Å². The Morgan fingerprint density at radius 3 is 1.85 bits per heavy atom. The molecule has 0 aliphatic carbocycles. The van der Waals surface area contributed by atoms with Crippen LogP contribution in [-0.4, -0.2) is 24.9 Å². The van der Waals surface area contributed by atoms with Gasteiger partial charge in [0.1, 0.15) is 0 Å². The minimum Gasteiger partial charge on any atom is -0.256 e. The summed E-state index contributed by atoms with van der Waals surface area (Å²) in [5, 5.41) is 3.33. The van der Waals surface area contributed by atoms with Gasteiger partial charge in [0.2, 0.25) is 0 Å². The van der Waals surface area contributed by atoms with Crippen LogP contribution in [0, 0.1) is 6.92 Å². The zero-order chi connectivity index (χ0) is 35.2. The first-order chi connectivity index (χ1) is 25.5. The molecule has 5 heteroatoms. The molecule has 9 rings (SSSR count). The summed E-state index contributed by atoms with van der Waals surface area (Å²) in [5.74, 6) is 1.00. The lowest BCUT2D eigenvalue weighted by molar-refractivity contribution is 0.828. The van der Waals surface area contributed by atoms with Crippen LogP contribution in [0.1, 0.15) is 31.0 Å². The summed E-state index contributed by atoms with van der Waals surface area (Å²) in [4.78, 5) is 25.3. The van der Waals surface area contributed by atoms with Gasteiger partial charge in [-0.25, -0.2) is 15.0 Å². The van der Waals surface area contributed by atoms with Crippen molar-refractivity contribution in [2.75, 3.05) is 0 Å². The highest BCUT2D eigenvalue weighted by Gasteiger charge is 2.15. The van der Waals surface area contributed by atoms with Gasteiger partial charge < -0.3 is 0 Å². The molecule has 52 heavy (non-hydrogen) atoms. The van der Waals surface area contributed by atoms with Crippen molar-refractivity contribution in [2.24, 2.45) is 0 Å². The first kappa shape index (κ1) is 31.4. The minimum absolute atomic E-state index is 0.328. The fourth-order valence-electron chi connectivity index (χ4n) is 7.00. The second kappa shape index (κ2) is 12.9. The fraction of sp³-hybridized carbons (Fsp3) is 0.0851. The number of benzene rings is 5. The molecule has 0 fully saturated rings. The first-order valence-corrected chi connectivity index (χ1v) is 17.7. The number of aryl methyl sites for hydroxylation is 1. The van der Waals surface area contributed by atoms with E-state index in [1.165, 1.54) is 5.56 Å². The van der Waals surface area contributed by atoms with E-state index < -0.39 is 0 Å². The maximum Gasteiger partial charge on any atom is 0.160 e. The number of fused-ring (bicyclic) bond motifs is 4. The molecule has 9 aromatic rings. The van der Waals surface area contributed by atoms with Gasteiger partial charge in [0, 0.05) is 55.9 Å². The van der Waals surface area contributed by atoms with E-state index in [4.69, 9.17) is 24.9 Å². The summed E-state index contributed by atoms with van der Waals surface area (Å²) in [6.45, 7) is 6.53. The Labute approximate surface area is 302 Å². The van der Waals surface area contributed by atoms with Crippen molar-refractivity contribution in [3.63, 3.8) is 0 Å². The zero-order valence-electron chi connectivity index (χ0n) is 29.2. The Balaban J connectivity index is 1.17. The molecule has 0 unspecified atom stereocenters. The van der Waals surface area contributed by atoms with E-state index in [0.717, 1.165) is 88.9 Å². The highest BCUT2D eigenvalue weighted by atomic mass is 14.9. The predicted octanol–water partition coefficient (Wildman–Crippen LogP) is 11.9. The van der Waals surface area contributed by atoms with E-state index in [1.54, 1.807) is 0 Å². The van der Waals surface area contributed by atoms with Crippen LogP contribution in [0.4, 0.5) is 0 Å². The summed E-state index contributed by atoms with van der Waals surface area (Å²) in [5.41, 5.74) is 13.9. The molecule has 5 nitrogen and oxygen atoms in total. The molecule has 0 bridgehead atoms. The Morgan fingerprint density at radius 1 is 0.442 bits per heavy atom. The SMILES string of the molecule is Cc1cc(C(C)C)nc2c1ccc1ccc(-c3cccc(-c4cc(-c5cccc(-c6cccc7cccnc67)c5)nc(-c5ccccc5)n4)c3)nc12. The monoisotopic (exact) mass is 669 g/mol. The van der Waals surface area contributed by atoms with Crippen molar-refractivity contribution in [1.29, 1.82) is 0 Å². The van der Waals surface area contributed by atoms with Crippen LogP contribution >= 0.6 is 0 Å². The highest BCUT2D eigenvalue weighted by molar-refractivity contribution is 6.04. The molecule has 0 saturated heterocycles. The summed E-state index contributed by atoms with van der Waals surface area (Å²) < 4.78 is 0. The fourth-order valence-corrected chi connectivity index (χ4v) is 7.00. The lowest BCUT2D eigenvalue weighted by atomic mass is 9.98. The Morgan fingerprint density at radius 2 is 1.08 bits per heavy atom. The van der Waals surface area contributed by atoms with Crippen LogP contribution in [0.2, 0.25) is 0 Å². The van der Waals surface area contributed by atoms with Gasteiger partial charge in [-0.05, 0) is 60.4 Å². The molecule has 0 aliphatic heterocycles. The van der Waals surface area contributed by atoms with E-state index >= 15 is 0 Å². The summed E-state index contributed by atoms with van der Waals surface area (Å²) in [6, 6.07) is 50.4. The van der Waals surface area contributed by atoms with Crippen LogP contribution in [0.3, 0.4) is 0 Å². The van der Waals surface area contributed by atoms with E-state index in [-0.39, 0.29) is 0 Å². The molecule has 0 aliphatic rings. The standard InChI is InChI=1S/C47H35N5/c1-29(2)41-25-30(3)38-22-20-32-21-23-40(49-45(32)46(38)50-41)35-15-8-17-37(27-35)43-28-42(51-47(52-43)33-11-5-4-6-12-33)36-16-7-14-34(26-36)39-19-9-13-31-18-10-24-48-44(31)39/h4-29H,1-3H3. The van der Waals surface area contributed by atoms with E-state index in [9.17, 15) is 0 Å². The molecule has 5 aromatic carbocycles. The van der Waals surface area contributed by atoms with Crippen molar-refractivity contribution >= 4 is 32.7 Å². The molecule has 4 aromatic heterocycles. The van der Waals surface area contributed by atoms with Gasteiger partial charge in [0.15, 0.2) is 5.82 Å². The Kier molecular flexibility index (Phi) is 7.81. The largest absolute Gasteiger partial charge is 0.256 e. The van der Waals surface area contributed by atoms with Gasteiger partial charge in [0.25, 0.3) is 0 Å². The number of hydrogen-bond donors (Lipinski definition) is 0. The van der Waals surface area contributed by atoms with E-state index in [1.807, 2.05) is 30.5 Å². The van der Waals surface area contributed by atoms with Gasteiger partial charge in [-0.15, -0.1) is 0 Å². The second-order valence-electron chi connectivity index (χ2n) is 13.6. The number of rotatable bonds is 6. The molecule has 0 spiro atoms. The van der Waals surface area contributed by atoms with Crippen molar-refractivity contribution in [2.45, 2.75) is 26.7 Å². The molecule has 0 N–H and O–H groups in total. The molecular weight excluding hydrogens is 635 g/mol. The third-order valence-corrected chi connectivity index (χ3v) is 9.77. The third kappa shape index (κ3) is 5.76. The topological polar surface area (TPSA) is 64.5 Å². The quantitative estimate of drug-likeness (QED) is 0.165. The van der Waals surface area contributed by atoms with Crippen LogP contribution in [0.15, 0.2) is 152 Å². The van der Waals surface area contributed by atoms with Gasteiger partial charge in [0.05, 0.1) is 33.6 Å². The summed E-state index contributed by atoms with van der Waals surface area (Å²) in [7, 11) is 0. The van der Waals surface area contributed by atoms with Gasteiger partial charge in [-0.2, -0.15) is 0 Å². The third-order valence-electron chi connectivity index (χ3n) is 9.77. The molecule has 0 amide bonds. The number of hydrogen-bond acceptors (Lipinski definition) is 5. The van der Waals surface area contributed by atoms with E-state index in [2.05, 4.69) is 142 Å². The molecule has 248 valence electrons. The maximum absolute atomic E-state index is 5.24. The predicted molar refractivity (Wildman–Crippen MR) is 214 cm³/mol. The second-order valence-corrected chi connectivity index (χ2v) is 13.6. The van der Waals surface area contributed by atoms with Crippen molar-refractivity contribution in [3.05, 3.63) is 163 Å². The van der Waals surface area contributed by atoms with Gasteiger partial charge >= 0.3 is 0 Å². The molecule has 0 atom stereocenters. The number of para-hydroxylation sites is 1. The average Bonchev–Trinajstić information content (AvgIpc) is 3.20. The lowest BCUT2D eigenvalue weighted by Crippen LogP contribution is -1.97. The average molecular weight is 670 g/mol. The summed E-state index contributed by atoms with van der Waals surface area (Å²) in [6.07, 6.45) is 1.85. The zero-order valence-corrected chi connectivity index (χ0v) is 29.2. The number of nitrogens with zero attached hydrogens (tertiary/aromatic N) is 5. The smallest absolute Gasteiger partial charge is 0.160 e. The molecular formula is C47H35N5. The minimum atomic E-state index is 0.328. The first-order valence-electron chi connectivity index (χ1n) is 17.7. The number of aromatic nitrogens is 5. The van der Waals surface area contributed by atoms with Crippen LogP contribution in [-0.2, 0) is 0 Å². The lowest BCUT2D eigenvalue weighted by Gasteiger charge is -2.13. The van der Waals surface area contributed by atoms with Crippen LogP contribution in [0.5, 0.6) is 0 Å². The van der Waals surface area contributed by atoms with Crippen molar-refractivity contribution < 1.29 is 0 Å². The maximum atomic E-state index is 5.24.